The molecule has 0 amide bonds. The molecule has 6 heterocycles. The number of ketones is 1. The fourth-order valence-corrected chi connectivity index (χ4v) is 4.86. The Hall–Kier alpha value is -4.44. The lowest BCUT2D eigenvalue weighted by molar-refractivity contribution is 0.102. The lowest BCUT2D eigenvalue weighted by atomic mass is 10.1. The minimum Gasteiger partial charge on any atom is -0.376 e. The average Bonchev–Trinajstić information content (AvgIpc) is 3.61. The summed E-state index contributed by atoms with van der Waals surface area (Å²) in [6.07, 6.45) is 5.35. The molecule has 172 valence electrons. The number of fused-ring (bicyclic) bond motifs is 2. The molecule has 0 bridgehead atoms. The molecule has 10 heteroatoms. The predicted molar refractivity (Wildman–Crippen MR) is 138 cm³/mol. The number of nitrogens with zero attached hydrogens (tertiary/aromatic N) is 6. The van der Waals surface area contributed by atoms with Crippen molar-refractivity contribution in [1.29, 1.82) is 0 Å². The van der Waals surface area contributed by atoms with E-state index in [0.29, 0.717) is 27.6 Å². The number of nitrogens with one attached hydrogen (secondary N) is 2. The quantitative estimate of drug-likeness (QED) is 0.335. The van der Waals surface area contributed by atoms with Gasteiger partial charge in [0.15, 0.2) is 22.9 Å². The normalized spacial score (nSPS) is 11.4. The number of imidazole rings is 1. The summed E-state index contributed by atoms with van der Waals surface area (Å²) >= 11 is 1.45. The Morgan fingerprint density at radius 1 is 1.03 bits per heavy atom. The summed E-state index contributed by atoms with van der Waals surface area (Å²) in [5.41, 5.74) is 7.09. The van der Waals surface area contributed by atoms with Gasteiger partial charge in [0.25, 0.3) is 0 Å². The van der Waals surface area contributed by atoms with E-state index in [-0.39, 0.29) is 5.78 Å². The zero-order valence-electron chi connectivity index (χ0n) is 19.2. The number of anilines is 1. The number of pyridine rings is 3. The number of aromatic nitrogens is 7. The molecule has 0 unspecified atom stereocenters. The highest BCUT2D eigenvalue weighted by Gasteiger charge is 2.18. The molecule has 6 rings (SSSR count). The minimum atomic E-state index is 0.0467. The number of rotatable bonds is 5. The molecule has 0 aromatic carbocycles. The van der Waals surface area contributed by atoms with Crippen LogP contribution in [0.25, 0.3) is 55.4 Å². The van der Waals surface area contributed by atoms with Crippen molar-refractivity contribution in [3.8, 4) is 33.2 Å². The van der Waals surface area contributed by atoms with Gasteiger partial charge in [0.05, 0.1) is 28.0 Å². The highest BCUT2D eigenvalue weighted by molar-refractivity contribution is 7.17. The van der Waals surface area contributed by atoms with Crippen molar-refractivity contribution in [3.05, 3.63) is 59.9 Å². The van der Waals surface area contributed by atoms with E-state index < -0.39 is 0 Å². The van der Waals surface area contributed by atoms with E-state index >= 15 is 0 Å². The monoisotopic (exact) mass is 480 g/mol. The van der Waals surface area contributed by atoms with Crippen LogP contribution in [-0.2, 0) is 0 Å². The number of Topliss-reactive ketones (excluding diaryl/α,β-unsaturated/α-hetero) is 1. The van der Waals surface area contributed by atoms with E-state index in [2.05, 4.69) is 31.2 Å². The van der Waals surface area contributed by atoms with Gasteiger partial charge in [-0.05, 0) is 43.3 Å². The summed E-state index contributed by atoms with van der Waals surface area (Å²) in [5, 5.41) is 7.55. The molecular formula is C25H20N8OS. The molecule has 0 saturated carbocycles. The van der Waals surface area contributed by atoms with E-state index in [4.69, 9.17) is 9.97 Å². The number of carbonyl (C=O) groups is 1. The van der Waals surface area contributed by atoms with E-state index in [0.717, 1.165) is 38.4 Å². The van der Waals surface area contributed by atoms with E-state index in [1.165, 1.54) is 11.3 Å². The van der Waals surface area contributed by atoms with Gasteiger partial charge in [-0.15, -0.1) is 11.3 Å². The summed E-state index contributed by atoms with van der Waals surface area (Å²) in [6.45, 7) is 1.57. The zero-order chi connectivity index (χ0) is 24.1. The first-order chi connectivity index (χ1) is 17.0. The summed E-state index contributed by atoms with van der Waals surface area (Å²) in [5.74, 6) is 0.616. The highest BCUT2D eigenvalue weighted by Crippen LogP contribution is 2.34. The van der Waals surface area contributed by atoms with Gasteiger partial charge in [-0.25, -0.2) is 15.0 Å². The van der Waals surface area contributed by atoms with Crippen LogP contribution in [0.15, 0.2) is 55.0 Å². The van der Waals surface area contributed by atoms with Crippen LogP contribution >= 0.6 is 11.3 Å². The van der Waals surface area contributed by atoms with Crippen molar-refractivity contribution in [1.82, 2.24) is 35.1 Å². The molecular weight excluding hydrogens is 460 g/mol. The molecule has 0 aliphatic heterocycles. The van der Waals surface area contributed by atoms with Gasteiger partial charge in [0, 0.05) is 42.5 Å². The van der Waals surface area contributed by atoms with Gasteiger partial charge in [-0.2, -0.15) is 5.10 Å². The summed E-state index contributed by atoms with van der Waals surface area (Å²) < 4.78 is 0. The standard InChI is InChI=1S/C25H20N8OS/c1-13(34)19-6-7-20(35-19)16-8-9-27-24-21(16)29-25(30-24)23-22-18(31-32-23)5-4-17(28-22)14-10-15(33(2)3)12-26-11-14/h4-12H,1-3H3,(H,31,32)(H,27,29,30). The predicted octanol–water partition coefficient (Wildman–Crippen LogP) is 4.96. The van der Waals surface area contributed by atoms with Crippen molar-refractivity contribution >= 4 is 45.0 Å². The third-order valence-electron chi connectivity index (χ3n) is 5.77. The van der Waals surface area contributed by atoms with Crippen LogP contribution in [0, 0.1) is 0 Å². The van der Waals surface area contributed by atoms with Crippen LogP contribution < -0.4 is 4.90 Å². The maximum atomic E-state index is 11.8. The fraction of sp³-hybridized carbons (Fsp3) is 0.120. The number of hydrogen-bond acceptors (Lipinski definition) is 8. The second-order valence-corrected chi connectivity index (χ2v) is 9.44. The van der Waals surface area contributed by atoms with Crippen molar-refractivity contribution in [2.75, 3.05) is 19.0 Å². The molecule has 0 radical (unpaired) electrons. The van der Waals surface area contributed by atoms with Gasteiger partial charge >= 0.3 is 0 Å². The minimum absolute atomic E-state index is 0.0467. The largest absolute Gasteiger partial charge is 0.376 e. The maximum Gasteiger partial charge on any atom is 0.169 e. The molecule has 6 aromatic heterocycles. The molecule has 9 nitrogen and oxygen atoms in total. The van der Waals surface area contributed by atoms with E-state index in [1.54, 1.807) is 19.3 Å². The SMILES string of the molecule is CC(=O)c1ccc(-c2ccnc3[nH]c(-c4n[nH]c5ccc(-c6cncc(N(C)C)c6)nc45)nc23)s1. The van der Waals surface area contributed by atoms with Crippen LogP contribution in [0.2, 0.25) is 0 Å². The Morgan fingerprint density at radius 2 is 1.91 bits per heavy atom. The molecule has 0 aliphatic rings. The molecule has 0 atom stereocenters. The van der Waals surface area contributed by atoms with Gasteiger partial charge < -0.3 is 9.88 Å². The molecule has 35 heavy (non-hydrogen) atoms. The van der Waals surface area contributed by atoms with Crippen LogP contribution in [0.5, 0.6) is 0 Å². The number of H-pyrrole nitrogens is 2. The second-order valence-electron chi connectivity index (χ2n) is 8.35. The smallest absolute Gasteiger partial charge is 0.169 e. The number of hydrogen-bond donors (Lipinski definition) is 2. The summed E-state index contributed by atoms with van der Waals surface area (Å²) in [6, 6.07) is 11.6. The second kappa shape index (κ2) is 8.10. The molecule has 0 saturated heterocycles. The molecule has 0 fully saturated rings. The Bertz CT molecular complexity index is 1730. The van der Waals surface area contributed by atoms with Crippen LogP contribution in [-0.4, -0.2) is 55.0 Å². The van der Waals surface area contributed by atoms with Gasteiger partial charge in [0.2, 0.25) is 0 Å². The third kappa shape index (κ3) is 3.64. The van der Waals surface area contributed by atoms with Gasteiger partial charge in [0.1, 0.15) is 11.0 Å². The fourth-order valence-electron chi connectivity index (χ4n) is 3.93. The van der Waals surface area contributed by atoms with Gasteiger partial charge in [-0.1, -0.05) is 0 Å². The van der Waals surface area contributed by atoms with Crippen LogP contribution in [0.3, 0.4) is 0 Å². The highest BCUT2D eigenvalue weighted by atomic mass is 32.1. The first kappa shape index (κ1) is 21.1. The number of carbonyl (C=O) groups excluding carboxylic acids is 1. The Balaban J connectivity index is 1.46. The summed E-state index contributed by atoms with van der Waals surface area (Å²) in [4.78, 5) is 37.3. The first-order valence-corrected chi connectivity index (χ1v) is 11.7. The topological polar surface area (TPSA) is 116 Å². The third-order valence-corrected chi connectivity index (χ3v) is 6.99. The molecule has 2 N–H and O–H groups in total. The van der Waals surface area contributed by atoms with Crippen LogP contribution in [0.1, 0.15) is 16.6 Å². The first-order valence-electron chi connectivity index (χ1n) is 10.9. The summed E-state index contributed by atoms with van der Waals surface area (Å²) in [7, 11) is 3.96. The molecule has 0 aliphatic carbocycles. The van der Waals surface area contributed by atoms with Crippen molar-refractivity contribution in [3.63, 3.8) is 0 Å². The van der Waals surface area contributed by atoms with Gasteiger partial charge in [-0.3, -0.25) is 14.9 Å². The van der Waals surface area contributed by atoms with Crippen LogP contribution in [0.4, 0.5) is 5.69 Å². The molecule has 6 aromatic rings. The maximum absolute atomic E-state index is 11.8. The Labute approximate surface area is 203 Å². The van der Waals surface area contributed by atoms with E-state index in [9.17, 15) is 4.79 Å². The lowest BCUT2D eigenvalue weighted by Gasteiger charge is -2.12. The Morgan fingerprint density at radius 3 is 2.71 bits per heavy atom. The van der Waals surface area contributed by atoms with E-state index in [1.807, 2.05) is 55.5 Å². The zero-order valence-corrected chi connectivity index (χ0v) is 20.0. The lowest BCUT2D eigenvalue weighted by Crippen LogP contribution is -2.08. The number of thiophene rings is 1. The van der Waals surface area contributed by atoms with Crippen molar-refractivity contribution in [2.24, 2.45) is 0 Å². The number of aromatic amines is 2. The van der Waals surface area contributed by atoms with Crippen molar-refractivity contribution in [2.45, 2.75) is 6.92 Å². The average molecular weight is 481 g/mol. The molecule has 0 spiro atoms. The Kier molecular flexibility index (Phi) is 4.89. The van der Waals surface area contributed by atoms with Crippen molar-refractivity contribution < 1.29 is 4.79 Å².